The molecule has 0 spiro atoms. The third-order valence-corrected chi connectivity index (χ3v) is 3.15. The van der Waals surface area contributed by atoms with E-state index in [-0.39, 0.29) is 5.57 Å². The predicted molar refractivity (Wildman–Crippen MR) is 79.4 cm³/mol. The number of aromatic amines is 2. The van der Waals surface area contributed by atoms with E-state index in [1.165, 1.54) is 0 Å². The molecule has 2 aromatic rings. The molecule has 0 saturated carbocycles. The highest BCUT2D eigenvalue weighted by Gasteiger charge is 2.34. The maximum Gasteiger partial charge on any atom is 0.328 e. The van der Waals surface area contributed by atoms with Crippen molar-refractivity contribution in [2.75, 3.05) is 5.01 Å². The zero-order chi connectivity index (χ0) is 16.6. The molecule has 23 heavy (non-hydrogen) atoms. The summed E-state index contributed by atoms with van der Waals surface area (Å²) in [4.78, 5) is 50.8. The fraction of sp³-hybridized carbons (Fsp3) is 0. The van der Waals surface area contributed by atoms with E-state index < -0.39 is 34.5 Å². The Labute approximate surface area is 127 Å². The molecule has 0 radical (unpaired) electrons. The van der Waals surface area contributed by atoms with Crippen LogP contribution in [0, 0.1) is 0 Å². The molecule has 3 rings (SSSR count). The van der Waals surface area contributed by atoms with Gasteiger partial charge in [0.15, 0.2) is 0 Å². The molecule has 1 aromatic carbocycles. The Kier molecular flexibility index (Phi) is 3.30. The Morgan fingerprint density at radius 2 is 1.70 bits per heavy atom. The number of rotatable bonds is 2. The van der Waals surface area contributed by atoms with Crippen LogP contribution < -0.4 is 21.7 Å². The minimum absolute atomic E-state index is 0.346. The van der Waals surface area contributed by atoms with Gasteiger partial charge in [-0.05, 0) is 18.2 Å². The van der Waals surface area contributed by atoms with E-state index in [1.54, 1.807) is 30.3 Å². The second-order valence-corrected chi connectivity index (χ2v) is 4.65. The Morgan fingerprint density at radius 1 is 1.00 bits per heavy atom. The fourth-order valence-corrected chi connectivity index (χ4v) is 2.08. The highest BCUT2D eigenvalue weighted by atomic mass is 16.3. The van der Waals surface area contributed by atoms with Crippen molar-refractivity contribution in [3.05, 3.63) is 62.3 Å². The zero-order valence-corrected chi connectivity index (χ0v) is 11.5. The third-order valence-electron chi connectivity index (χ3n) is 3.15. The zero-order valence-electron chi connectivity index (χ0n) is 11.5. The fourth-order valence-electron chi connectivity index (χ4n) is 2.08. The maximum atomic E-state index is 12.3. The van der Waals surface area contributed by atoms with Crippen LogP contribution >= 0.6 is 0 Å². The van der Waals surface area contributed by atoms with E-state index in [4.69, 9.17) is 0 Å². The molecule has 9 nitrogen and oxygen atoms in total. The van der Waals surface area contributed by atoms with Gasteiger partial charge in [0.05, 0.1) is 5.69 Å². The van der Waals surface area contributed by atoms with Gasteiger partial charge in [0.2, 0.25) is 5.88 Å². The molecule has 1 aliphatic heterocycles. The number of hydrazine groups is 1. The van der Waals surface area contributed by atoms with E-state index in [1.807, 2.05) is 9.97 Å². The summed E-state index contributed by atoms with van der Waals surface area (Å²) in [6, 6.07) is 8.36. The molecule has 1 saturated heterocycles. The second kappa shape index (κ2) is 5.30. The molecule has 2 amide bonds. The Morgan fingerprint density at radius 3 is 2.35 bits per heavy atom. The number of carbonyl (C=O) groups is 2. The Bertz CT molecular complexity index is 942. The quantitative estimate of drug-likeness (QED) is 0.426. The van der Waals surface area contributed by atoms with Crippen LogP contribution in [0.1, 0.15) is 5.56 Å². The first-order chi connectivity index (χ1) is 11.0. The average molecular weight is 314 g/mol. The van der Waals surface area contributed by atoms with Gasteiger partial charge in [-0.1, -0.05) is 18.2 Å². The van der Waals surface area contributed by atoms with Gasteiger partial charge in [-0.15, -0.1) is 0 Å². The minimum atomic E-state index is -0.919. The standard InChI is InChI=1S/C14H10N4O5/c19-10-8(11(20)16-14(23)15-10)6-9-12(21)17-18(13(9)22)7-4-2-1-3-5-7/h1-6H,(H,17,21)(H3,15,16,19,20,23)/b9-6+. The Balaban J connectivity index is 2.05. The van der Waals surface area contributed by atoms with Crippen LogP contribution in [0.3, 0.4) is 0 Å². The van der Waals surface area contributed by atoms with Crippen molar-refractivity contribution < 1.29 is 14.7 Å². The van der Waals surface area contributed by atoms with Crippen LogP contribution in [0.2, 0.25) is 0 Å². The van der Waals surface area contributed by atoms with Crippen molar-refractivity contribution in [1.82, 2.24) is 15.4 Å². The van der Waals surface area contributed by atoms with E-state index in [2.05, 4.69) is 5.43 Å². The van der Waals surface area contributed by atoms with Gasteiger partial charge >= 0.3 is 5.69 Å². The number of hydrogen-bond acceptors (Lipinski definition) is 5. The van der Waals surface area contributed by atoms with Crippen LogP contribution in [-0.4, -0.2) is 26.9 Å². The number of hydrogen-bond donors (Lipinski definition) is 4. The summed E-state index contributed by atoms with van der Waals surface area (Å²) in [5.74, 6) is -2.15. The van der Waals surface area contributed by atoms with Gasteiger partial charge in [0.1, 0.15) is 11.1 Å². The molecule has 1 aromatic heterocycles. The third kappa shape index (κ3) is 2.50. The van der Waals surface area contributed by atoms with Crippen molar-refractivity contribution in [3.63, 3.8) is 0 Å². The summed E-state index contributed by atoms with van der Waals surface area (Å²) in [6.45, 7) is 0. The van der Waals surface area contributed by atoms with Crippen molar-refractivity contribution in [2.45, 2.75) is 0 Å². The minimum Gasteiger partial charge on any atom is -0.494 e. The molecule has 1 fully saturated rings. The molecule has 1 aliphatic rings. The lowest BCUT2D eigenvalue weighted by Gasteiger charge is -2.13. The number of anilines is 1. The number of nitrogens with zero attached hydrogens (tertiary/aromatic N) is 1. The van der Waals surface area contributed by atoms with Crippen LogP contribution in [0.15, 0.2) is 45.5 Å². The van der Waals surface area contributed by atoms with Crippen molar-refractivity contribution in [3.8, 4) is 5.88 Å². The monoisotopic (exact) mass is 314 g/mol. The highest BCUT2D eigenvalue weighted by Crippen LogP contribution is 2.21. The van der Waals surface area contributed by atoms with Crippen LogP contribution in [-0.2, 0) is 9.59 Å². The average Bonchev–Trinajstić information content (AvgIpc) is 2.79. The number of nitrogens with one attached hydrogen (secondary N) is 3. The summed E-state index contributed by atoms with van der Waals surface area (Å²) in [5.41, 5.74) is 0.235. The van der Waals surface area contributed by atoms with Gasteiger partial charge in [-0.3, -0.25) is 29.8 Å². The summed E-state index contributed by atoms with van der Waals surface area (Å²) >= 11 is 0. The molecule has 4 N–H and O–H groups in total. The first-order valence-corrected chi connectivity index (χ1v) is 6.45. The first kappa shape index (κ1) is 14.3. The lowest BCUT2D eigenvalue weighted by molar-refractivity contribution is -0.117. The summed E-state index contributed by atoms with van der Waals surface area (Å²) < 4.78 is 0. The van der Waals surface area contributed by atoms with E-state index in [0.29, 0.717) is 5.69 Å². The smallest absolute Gasteiger partial charge is 0.328 e. The van der Waals surface area contributed by atoms with E-state index in [0.717, 1.165) is 11.1 Å². The van der Waals surface area contributed by atoms with Gasteiger partial charge in [-0.2, -0.15) is 0 Å². The SMILES string of the molecule is O=C1NN(c2ccccc2)C(=O)/C1=C/c1c(O)[nH]c(=O)[nH]c1=O. The summed E-state index contributed by atoms with van der Waals surface area (Å²) in [7, 11) is 0. The van der Waals surface area contributed by atoms with Crippen LogP contribution in [0.4, 0.5) is 5.69 Å². The molecule has 116 valence electrons. The second-order valence-electron chi connectivity index (χ2n) is 4.65. The number of amides is 2. The van der Waals surface area contributed by atoms with E-state index >= 15 is 0 Å². The lowest BCUT2D eigenvalue weighted by atomic mass is 10.1. The van der Waals surface area contributed by atoms with Gasteiger partial charge in [-0.25, -0.2) is 9.80 Å². The maximum absolute atomic E-state index is 12.3. The molecular formula is C14H10N4O5. The molecule has 9 heteroatoms. The molecule has 0 bridgehead atoms. The molecule has 0 aliphatic carbocycles. The summed E-state index contributed by atoms with van der Waals surface area (Å²) in [6.07, 6.45) is 0.921. The highest BCUT2D eigenvalue weighted by molar-refractivity contribution is 6.31. The van der Waals surface area contributed by atoms with Crippen molar-refractivity contribution >= 4 is 23.6 Å². The number of benzene rings is 1. The number of H-pyrrole nitrogens is 2. The first-order valence-electron chi connectivity index (χ1n) is 6.45. The van der Waals surface area contributed by atoms with Gasteiger partial charge in [0.25, 0.3) is 17.4 Å². The number of para-hydroxylation sites is 1. The number of carbonyl (C=O) groups excluding carboxylic acids is 2. The van der Waals surface area contributed by atoms with Crippen LogP contribution in [0.25, 0.3) is 6.08 Å². The molecule has 0 unspecified atom stereocenters. The van der Waals surface area contributed by atoms with Crippen molar-refractivity contribution in [1.29, 1.82) is 0 Å². The number of aromatic nitrogens is 2. The molecular weight excluding hydrogens is 304 g/mol. The summed E-state index contributed by atoms with van der Waals surface area (Å²) in [5, 5.41) is 10.6. The normalized spacial score (nSPS) is 16.0. The topological polar surface area (TPSA) is 135 Å². The van der Waals surface area contributed by atoms with Gasteiger partial charge in [0, 0.05) is 0 Å². The Hall–Kier alpha value is -3.62. The van der Waals surface area contributed by atoms with Gasteiger partial charge < -0.3 is 5.11 Å². The van der Waals surface area contributed by atoms with Crippen molar-refractivity contribution in [2.24, 2.45) is 0 Å². The van der Waals surface area contributed by atoms with Crippen LogP contribution in [0.5, 0.6) is 5.88 Å². The number of aromatic hydroxyl groups is 1. The predicted octanol–water partition coefficient (Wildman–Crippen LogP) is -0.770. The molecule has 0 atom stereocenters. The van der Waals surface area contributed by atoms with E-state index in [9.17, 15) is 24.3 Å². The lowest BCUT2D eigenvalue weighted by Crippen LogP contribution is -2.35. The largest absolute Gasteiger partial charge is 0.494 e. The molecule has 2 heterocycles.